The molecule has 0 spiro atoms. The van der Waals surface area contributed by atoms with Gasteiger partial charge in [-0.05, 0) is 64.9 Å². The zero-order chi connectivity index (χ0) is 21.5. The maximum atomic E-state index is 13.5. The number of piperazine rings is 1. The van der Waals surface area contributed by atoms with Gasteiger partial charge in [0.1, 0.15) is 5.75 Å². The van der Waals surface area contributed by atoms with Gasteiger partial charge in [-0.3, -0.25) is 4.90 Å². The quantitative estimate of drug-likeness (QED) is 0.427. The van der Waals surface area contributed by atoms with E-state index in [9.17, 15) is 8.42 Å². The van der Waals surface area contributed by atoms with Gasteiger partial charge in [-0.25, -0.2) is 12.4 Å². The molecule has 176 valence electrons. The van der Waals surface area contributed by atoms with Gasteiger partial charge in [0, 0.05) is 53.8 Å². The van der Waals surface area contributed by atoms with E-state index in [1.165, 1.54) is 3.97 Å². The van der Waals surface area contributed by atoms with Gasteiger partial charge in [0.15, 0.2) is 0 Å². The van der Waals surface area contributed by atoms with E-state index >= 15 is 0 Å². The van der Waals surface area contributed by atoms with Gasteiger partial charge in [-0.15, -0.1) is 24.8 Å². The second-order valence-corrected chi connectivity index (χ2v) is 10.6. The van der Waals surface area contributed by atoms with Crippen LogP contribution in [0.1, 0.15) is 5.56 Å². The highest BCUT2D eigenvalue weighted by Crippen LogP contribution is 2.33. The minimum Gasteiger partial charge on any atom is -0.497 e. The van der Waals surface area contributed by atoms with Crippen LogP contribution in [0.5, 0.6) is 5.75 Å². The smallest absolute Gasteiger partial charge is 0.268 e. The summed E-state index contributed by atoms with van der Waals surface area (Å²) in [5, 5.41) is 1.35. The van der Waals surface area contributed by atoms with Gasteiger partial charge in [0.2, 0.25) is 0 Å². The van der Waals surface area contributed by atoms with E-state index < -0.39 is 10.0 Å². The molecule has 0 N–H and O–H groups in total. The number of benzene rings is 2. The molecule has 3 aromatic rings. The van der Waals surface area contributed by atoms with Crippen molar-refractivity contribution in [2.75, 3.05) is 40.3 Å². The highest BCUT2D eigenvalue weighted by molar-refractivity contribution is 9.10. The summed E-state index contributed by atoms with van der Waals surface area (Å²) in [6.07, 6.45) is 1.58. The number of aromatic nitrogens is 1. The van der Waals surface area contributed by atoms with Gasteiger partial charge >= 0.3 is 0 Å². The zero-order valence-electron chi connectivity index (χ0n) is 17.6. The summed E-state index contributed by atoms with van der Waals surface area (Å²) < 4.78 is 34.2. The molecule has 1 fully saturated rings. The van der Waals surface area contributed by atoms with E-state index in [2.05, 4.69) is 32.8 Å². The Morgan fingerprint density at radius 3 is 2.41 bits per heavy atom. The predicted molar refractivity (Wildman–Crippen MR) is 137 cm³/mol. The van der Waals surface area contributed by atoms with E-state index in [4.69, 9.17) is 16.3 Å². The van der Waals surface area contributed by atoms with E-state index in [1.54, 1.807) is 43.6 Å². The molecular formula is C21H25BrCl3N3O3S. The first-order valence-corrected chi connectivity index (χ1v) is 12.2. The Hall–Kier alpha value is -1.000. The molecule has 0 radical (unpaired) electrons. The third-order valence-electron chi connectivity index (χ3n) is 5.49. The lowest BCUT2D eigenvalue weighted by Crippen LogP contribution is -2.43. The van der Waals surface area contributed by atoms with Crippen molar-refractivity contribution in [2.45, 2.75) is 11.4 Å². The molecule has 0 amide bonds. The second-order valence-electron chi connectivity index (χ2n) is 7.49. The molecule has 0 saturated carbocycles. The second kappa shape index (κ2) is 11.0. The van der Waals surface area contributed by atoms with Crippen molar-refractivity contribution >= 4 is 73.3 Å². The summed E-state index contributed by atoms with van der Waals surface area (Å²) >= 11 is 9.88. The Morgan fingerprint density at radius 1 is 1.06 bits per heavy atom. The fourth-order valence-electron chi connectivity index (χ4n) is 3.66. The molecule has 1 aliphatic rings. The third kappa shape index (κ3) is 5.38. The third-order valence-corrected chi connectivity index (χ3v) is 8.16. The Kier molecular flexibility index (Phi) is 9.32. The Labute approximate surface area is 214 Å². The highest BCUT2D eigenvalue weighted by Gasteiger charge is 2.23. The molecular weight excluding hydrogens is 561 g/mol. The number of fused-ring (bicyclic) bond motifs is 1. The average Bonchev–Trinajstić information content (AvgIpc) is 3.08. The van der Waals surface area contributed by atoms with Crippen molar-refractivity contribution in [1.29, 1.82) is 0 Å². The normalized spacial score (nSPS) is 15.2. The van der Waals surface area contributed by atoms with Crippen LogP contribution in [0.15, 0.2) is 52.0 Å². The van der Waals surface area contributed by atoms with Crippen LogP contribution in [0.4, 0.5) is 0 Å². The Balaban J connectivity index is 0.00000181. The van der Waals surface area contributed by atoms with Gasteiger partial charge in [0.05, 0.1) is 17.5 Å². The largest absolute Gasteiger partial charge is 0.497 e. The van der Waals surface area contributed by atoms with Crippen LogP contribution in [0.2, 0.25) is 5.02 Å². The number of likely N-dealkylation sites (N-methyl/N-ethyl adjacent to an activating group) is 1. The molecule has 0 aliphatic carbocycles. The van der Waals surface area contributed by atoms with Crippen molar-refractivity contribution < 1.29 is 13.2 Å². The van der Waals surface area contributed by atoms with Crippen molar-refractivity contribution in [1.82, 2.24) is 13.8 Å². The summed E-state index contributed by atoms with van der Waals surface area (Å²) in [6, 6.07) is 10.2. The molecule has 1 saturated heterocycles. The van der Waals surface area contributed by atoms with E-state index in [-0.39, 0.29) is 29.7 Å². The summed E-state index contributed by atoms with van der Waals surface area (Å²) in [6.45, 7) is 4.47. The molecule has 4 rings (SSSR count). The van der Waals surface area contributed by atoms with Crippen LogP contribution in [0.3, 0.4) is 0 Å². The lowest BCUT2D eigenvalue weighted by molar-refractivity contribution is 0.148. The van der Waals surface area contributed by atoms with Crippen molar-refractivity contribution in [3.8, 4) is 5.75 Å². The average molecular weight is 586 g/mol. The van der Waals surface area contributed by atoms with Crippen molar-refractivity contribution in [2.24, 2.45) is 0 Å². The fourth-order valence-corrected chi connectivity index (χ4v) is 5.92. The molecule has 0 unspecified atom stereocenters. The Morgan fingerprint density at radius 2 is 1.75 bits per heavy atom. The molecule has 0 bridgehead atoms. The van der Waals surface area contributed by atoms with Crippen LogP contribution in [0, 0.1) is 0 Å². The van der Waals surface area contributed by atoms with Gasteiger partial charge in [-0.2, -0.15) is 0 Å². The Bertz CT molecular complexity index is 1200. The van der Waals surface area contributed by atoms with E-state index in [1.807, 2.05) is 6.07 Å². The minimum absolute atomic E-state index is 0. The van der Waals surface area contributed by atoms with E-state index in [0.29, 0.717) is 27.3 Å². The molecule has 0 atom stereocenters. The van der Waals surface area contributed by atoms with E-state index in [0.717, 1.165) is 37.1 Å². The first-order chi connectivity index (χ1) is 14.3. The SMILES string of the molecule is COc1ccc2c(c1)c(Br)cn2S(=O)(=O)c1ccc(Cl)c(CN2CCN(C)CC2)c1.Cl.Cl. The monoisotopic (exact) mass is 583 g/mol. The molecule has 6 nitrogen and oxygen atoms in total. The first-order valence-electron chi connectivity index (χ1n) is 9.59. The first kappa shape index (κ1) is 27.2. The van der Waals surface area contributed by atoms with Crippen LogP contribution in [-0.4, -0.2) is 62.5 Å². The molecule has 1 aromatic heterocycles. The number of ether oxygens (including phenoxy) is 1. The molecule has 2 aromatic carbocycles. The minimum atomic E-state index is -3.79. The molecule has 2 heterocycles. The van der Waals surface area contributed by atoms with Gasteiger partial charge in [0.25, 0.3) is 10.0 Å². The van der Waals surface area contributed by atoms with Gasteiger partial charge < -0.3 is 9.64 Å². The summed E-state index contributed by atoms with van der Waals surface area (Å²) in [5.74, 6) is 0.666. The number of rotatable bonds is 5. The number of hydrogen-bond acceptors (Lipinski definition) is 5. The van der Waals surface area contributed by atoms with Crippen molar-refractivity contribution in [3.05, 3.63) is 57.7 Å². The number of hydrogen-bond donors (Lipinski definition) is 0. The number of halogens is 4. The summed E-state index contributed by atoms with van der Waals surface area (Å²) in [5.41, 5.74) is 1.40. The zero-order valence-corrected chi connectivity index (χ0v) is 22.4. The molecule has 32 heavy (non-hydrogen) atoms. The molecule has 1 aliphatic heterocycles. The van der Waals surface area contributed by atoms with Crippen LogP contribution >= 0.6 is 52.3 Å². The number of nitrogens with zero attached hydrogens (tertiary/aromatic N) is 3. The lowest BCUT2D eigenvalue weighted by atomic mass is 10.2. The predicted octanol–water partition coefficient (Wildman–Crippen LogP) is 4.89. The van der Waals surface area contributed by atoms with Crippen LogP contribution < -0.4 is 4.74 Å². The standard InChI is InChI=1S/C21H23BrClN3O3S.2ClH/c1-24-7-9-25(10-8-24)13-15-11-17(4-5-20(15)23)30(27,28)26-14-19(22)18-12-16(29-2)3-6-21(18)26;;/h3-6,11-12,14H,7-10,13H2,1-2H3;2*1H. The van der Waals surface area contributed by atoms with Crippen LogP contribution in [0.25, 0.3) is 10.9 Å². The number of methoxy groups -OCH3 is 1. The van der Waals surface area contributed by atoms with Crippen LogP contribution in [-0.2, 0) is 16.6 Å². The van der Waals surface area contributed by atoms with Gasteiger partial charge in [-0.1, -0.05) is 11.6 Å². The fraction of sp³-hybridized carbons (Fsp3) is 0.333. The highest BCUT2D eigenvalue weighted by atomic mass is 79.9. The maximum Gasteiger partial charge on any atom is 0.268 e. The summed E-state index contributed by atoms with van der Waals surface area (Å²) in [4.78, 5) is 4.80. The summed E-state index contributed by atoms with van der Waals surface area (Å²) in [7, 11) is -0.107. The maximum absolute atomic E-state index is 13.5. The molecule has 11 heteroatoms. The van der Waals surface area contributed by atoms with Crippen molar-refractivity contribution in [3.63, 3.8) is 0 Å². The lowest BCUT2D eigenvalue weighted by Gasteiger charge is -2.32. The topological polar surface area (TPSA) is 54.8 Å².